The average molecular weight is 211 g/mol. The largest absolute Gasteiger partial charge is 0.478 e. The number of nitrogens with zero attached hydrogens (tertiary/aromatic N) is 2. The first kappa shape index (κ1) is 9.02. The molecule has 1 N–H and O–H groups in total. The number of aryl methyl sites for hydroxylation is 1. The zero-order valence-electron chi connectivity index (χ0n) is 7.36. The molecular formula is C9H7ClN2O2. The number of carbonyl (C=O) groups is 1. The van der Waals surface area contributed by atoms with E-state index in [1.165, 1.54) is 12.3 Å². The van der Waals surface area contributed by atoms with Crippen molar-refractivity contribution in [2.45, 2.75) is 0 Å². The molecular weight excluding hydrogens is 204 g/mol. The highest BCUT2D eigenvalue weighted by atomic mass is 35.5. The quantitative estimate of drug-likeness (QED) is 0.783. The minimum atomic E-state index is -0.973. The molecule has 1 aromatic heterocycles. The zero-order valence-corrected chi connectivity index (χ0v) is 8.12. The van der Waals surface area contributed by atoms with E-state index in [1.807, 2.05) is 0 Å². The van der Waals surface area contributed by atoms with Gasteiger partial charge in [0.25, 0.3) is 0 Å². The molecule has 0 fully saturated rings. The van der Waals surface area contributed by atoms with E-state index in [0.717, 1.165) is 0 Å². The highest BCUT2D eigenvalue weighted by molar-refractivity contribution is 6.35. The lowest BCUT2D eigenvalue weighted by atomic mass is 10.1. The van der Waals surface area contributed by atoms with Gasteiger partial charge in [-0.2, -0.15) is 5.10 Å². The second-order valence-corrected chi connectivity index (χ2v) is 3.34. The summed E-state index contributed by atoms with van der Waals surface area (Å²) >= 11 is 5.93. The van der Waals surface area contributed by atoms with Crippen LogP contribution in [-0.2, 0) is 7.05 Å². The van der Waals surface area contributed by atoms with E-state index in [0.29, 0.717) is 15.9 Å². The Hall–Kier alpha value is -1.55. The Morgan fingerprint density at radius 3 is 2.93 bits per heavy atom. The monoisotopic (exact) mass is 210 g/mol. The van der Waals surface area contributed by atoms with Crippen LogP contribution < -0.4 is 0 Å². The van der Waals surface area contributed by atoms with Crippen LogP contribution in [0.4, 0.5) is 0 Å². The van der Waals surface area contributed by atoms with Crippen molar-refractivity contribution in [2.24, 2.45) is 7.05 Å². The van der Waals surface area contributed by atoms with Gasteiger partial charge < -0.3 is 5.11 Å². The number of carboxylic acid groups (broad SMARTS) is 1. The maximum atomic E-state index is 10.9. The number of rotatable bonds is 1. The fourth-order valence-corrected chi connectivity index (χ4v) is 1.72. The molecule has 5 heteroatoms. The molecule has 0 saturated carbocycles. The predicted molar refractivity (Wildman–Crippen MR) is 52.7 cm³/mol. The third kappa shape index (κ3) is 1.15. The zero-order chi connectivity index (χ0) is 10.3. The van der Waals surface area contributed by atoms with Gasteiger partial charge in [0.1, 0.15) is 0 Å². The first-order chi connectivity index (χ1) is 6.61. The summed E-state index contributed by atoms with van der Waals surface area (Å²) in [7, 11) is 1.72. The normalized spacial score (nSPS) is 10.7. The molecule has 2 aromatic rings. The first-order valence-electron chi connectivity index (χ1n) is 3.95. The van der Waals surface area contributed by atoms with Crippen molar-refractivity contribution in [3.63, 3.8) is 0 Å². The van der Waals surface area contributed by atoms with Gasteiger partial charge in [-0.25, -0.2) is 4.79 Å². The summed E-state index contributed by atoms with van der Waals surface area (Å²) in [6.07, 6.45) is 1.50. The summed E-state index contributed by atoms with van der Waals surface area (Å²) in [4.78, 5) is 10.9. The first-order valence-corrected chi connectivity index (χ1v) is 4.32. The van der Waals surface area contributed by atoms with Gasteiger partial charge in [0.05, 0.1) is 22.3 Å². The van der Waals surface area contributed by atoms with Gasteiger partial charge in [-0.1, -0.05) is 11.6 Å². The standard InChI is InChI=1S/C9H7ClN2O2/c1-12-8-6(4-11-12)5(9(13)14)2-3-7(8)10/h2-4H,1H3,(H,13,14). The molecule has 0 unspecified atom stereocenters. The average Bonchev–Trinajstić information content (AvgIpc) is 2.49. The SMILES string of the molecule is Cn1ncc2c(C(=O)O)ccc(Cl)c21. The van der Waals surface area contributed by atoms with Gasteiger partial charge in [-0.05, 0) is 12.1 Å². The third-order valence-electron chi connectivity index (χ3n) is 2.08. The van der Waals surface area contributed by atoms with Crippen molar-refractivity contribution in [1.82, 2.24) is 9.78 Å². The lowest BCUT2D eigenvalue weighted by Crippen LogP contribution is -1.97. The van der Waals surface area contributed by atoms with Crippen molar-refractivity contribution in [1.29, 1.82) is 0 Å². The molecule has 0 bridgehead atoms. The lowest BCUT2D eigenvalue weighted by molar-refractivity contribution is 0.0699. The van der Waals surface area contributed by atoms with Crippen molar-refractivity contribution >= 4 is 28.5 Å². The van der Waals surface area contributed by atoms with Crippen LogP contribution >= 0.6 is 11.6 Å². The minimum absolute atomic E-state index is 0.220. The Kier molecular flexibility index (Phi) is 1.93. The van der Waals surface area contributed by atoms with Gasteiger partial charge in [0.15, 0.2) is 0 Å². The Bertz CT molecular complexity index is 519. The smallest absolute Gasteiger partial charge is 0.336 e. The molecule has 0 spiro atoms. The number of carboxylic acids is 1. The van der Waals surface area contributed by atoms with Gasteiger partial charge in [-0.15, -0.1) is 0 Å². The predicted octanol–water partition coefficient (Wildman–Crippen LogP) is 1.92. The van der Waals surface area contributed by atoms with E-state index >= 15 is 0 Å². The molecule has 0 saturated heterocycles. The van der Waals surface area contributed by atoms with E-state index in [1.54, 1.807) is 17.8 Å². The fraction of sp³-hybridized carbons (Fsp3) is 0.111. The maximum absolute atomic E-state index is 10.9. The summed E-state index contributed by atoms with van der Waals surface area (Å²) in [6, 6.07) is 3.05. The van der Waals surface area contributed by atoms with E-state index in [4.69, 9.17) is 16.7 Å². The van der Waals surface area contributed by atoms with Crippen LogP contribution in [0.1, 0.15) is 10.4 Å². The molecule has 4 nitrogen and oxygen atoms in total. The van der Waals surface area contributed by atoms with Gasteiger partial charge in [0.2, 0.25) is 0 Å². The second-order valence-electron chi connectivity index (χ2n) is 2.93. The number of benzene rings is 1. The summed E-state index contributed by atoms with van der Waals surface area (Å²) in [5.74, 6) is -0.973. The number of fused-ring (bicyclic) bond motifs is 1. The van der Waals surface area contributed by atoms with Crippen LogP contribution in [0.2, 0.25) is 5.02 Å². The molecule has 1 aromatic carbocycles. The number of hydrogen-bond donors (Lipinski definition) is 1. The van der Waals surface area contributed by atoms with Crippen LogP contribution in [0.25, 0.3) is 10.9 Å². The molecule has 2 rings (SSSR count). The fourth-order valence-electron chi connectivity index (χ4n) is 1.43. The van der Waals surface area contributed by atoms with Gasteiger partial charge in [-0.3, -0.25) is 4.68 Å². The third-order valence-corrected chi connectivity index (χ3v) is 2.39. The molecule has 0 aliphatic rings. The molecule has 0 amide bonds. The number of aromatic carboxylic acids is 1. The topological polar surface area (TPSA) is 55.1 Å². The molecule has 14 heavy (non-hydrogen) atoms. The molecule has 72 valence electrons. The highest BCUT2D eigenvalue weighted by Crippen LogP contribution is 2.25. The van der Waals surface area contributed by atoms with Crippen LogP contribution in [0.15, 0.2) is 18.3 Å². The number of halogens is 1. The van der Waals surface area contributed by atoms with Crippen LogP contribution in [0.3, 0.4) is 0 Å². The van der Waals surface area contributed by atoms with Crippen molar-refractivity contribution < 1.29 is 9.90 Å². The number of aromatic nitrogens is 2. The lowest BCUT2D eigenvalue weighted by Gasteiger charge is -2.00. The molecule has 0 atom stereocenters. The Balaban J connectivity index is 2.90. The molecule has 0 aliphatic carbocycles. The summed E-state index contributed by atoms with van der Waals surface area (Å²) in [5.41, 5.74) is 0.865. The minimum Gasteiger partial charge on any atom is -0.478 e. The van der Waals surface area contributed by atoms with Crippen LogP contribution in [0, 0.1) is 0 Å². The summed E-state index contributed by atoms with van der Waals surface area (Å²) in [6.45, 7) is 0. The second kappa shape index (κ2) is 2.99. The van der Waals surface area contributed by atoms with E-state index < -0.39 is 5.97 Å². The Morgan fingerprint density at radius 2 is 2.29 bits per heavy atom. The summed E-state index contributed by atoms with van der Waals surface area (Å²) < 4.78 is 1.56. The van der Waals surface area contributed by atoms with Gasteiger partial charge >= 0.3 is 5.97 Å². The van der Waals surface area contributed by atoms with E-state index in [2.05, 4.69) is 5.10 Å². The molecule has 0 radical (unpaired) electrons. The highest BCUT2D eigenvalue weighted by Gasteiger charge is 2.13. The van der Waals surface area contributed by atoms with Crippen molar-refractivity contribution in [3.05, 3.63) is 28.9 Å². The van der Waals surface area contributed by atoms with Crippen LogP contribution in [0.5, 0.6) is 0 Å². The van der Waals surface area contributed by atoms with E-state index in [9.17, 15) is 4.79 Å². The van der Waals surface area contributed by atoms with Crippen molar-refractivity contribution in [2.75, 3.05) is 0 Å². The molecule has 0 aliphatic heterocycles. The molecule has 1 heterocycles. The number of hydrogen-bond acceptors (Lipinski definition) is 2. The summed E-state index contributed by atoms with van der Waals surface area (Å²) in [5, 5.41) is 13.9. The maximum Gasteiger partial charge on any atom is 0.336 e. The Morgan fingerprint density at radius 1 is 1.57 bits per heavy atom. The van der Waals surface area contributed by atoms with Crippen molar-refractivity contribution in [3.8, 4) is 0 Å². The van der Waals surface area contributed by atoms with Crippen LogP contribution in [-0.4, -0.2) is 20.9 Å². The Labute approximate surface area is 84.7 Å². The van der Waals surface area contributed by atoms with Gasteiger partial charge in [0, 0.05) is 12.4 Å². The van der Waals surface area contributed by atoms with E-state index in [-0.39, 0.29) is 5.56 Å².